The molecule has 8 heteroatoms. The van der Waals surface area contributed by atoms with Gasteiger partial charge in [0.15, 0.2) is 0 Å². The molecule has 2 heterocycles. The summed E-state index contributed by atoms with van der Waals surface area (Å²) in [5.74, 6) is -2.00. The predicted molar refractivity (Wildman–Crippen MR) is 60.5 cm³/mol. The van der Waals surface area contributed by atoms with Crippen molar-refractivity contribution in [2.75, 3.05) is 11.9 Å². The van der Waals surface area contributed by atoms with E-state index in [1.165, 1.54) is 17.1 Å². The van der Waals surface area contributed by atoms with E-state index in [2.05, 4.69) is 5.10 Å². The van der Waals surface area contributed by atoms with Crippen LogP contribution in [0.25, 0.3) is 0 Å². The minimum Gasteiger partial charge on any atom is -0.376 e. The number of rotatable bonds is 3. The van der Waals surface area contributed by atoms with Crippen LogP contribution in [0.4, 0.5) is 18.9 Å². The summed E-state index contributed by atoms with van der Waals surface area (Å²) in [6.45, 7) is 1.17. The van der Waals surface area contributed by atoms with Crippen molar-refractivity contribution < 1.29 is 22.7 Å². The van der Waals surface area contributed by atoms with E-state index in [9.17, 15) is 18.0 Å². The summed E-state index contributed by atoms with van der Waals surface area (Å²) in [5, 5.41) is 5.65. The highest BCUT2D eigenvalue weighted by atomic mass is 19.4. The standard InChI is InChI=1S/C11H14F3N3O2/c12-11(13,14)10(18)16-8-5-15-17(6-8)7-9-3-1-2-4-19-9/h5-6,9H,1-4,7H2,(H,16,18). The van der Waals surface area contributed by atoms with Crippen molar-refractivity contribution in [3.05, 3.63) is 12.4 Å². The molecule has 1 N–H and O–H groups in total. The van der Waals surface area contributed by atoms with Crippen molar-refractivity contribution in [3.8, 4) is 0 Å². The highest BCUT2D eigenvalue weighted by molar-refractivity contribution is 5.94. The minimum absolute atomic E-state index is 0.0261. The lowest BCUT2D eigenvalue weighted by atomic mass is 10.1. The Hall–Kier alpha value is -1.57. The van der Waals surface area contributed by atoms with E-state index in [4.69, 9.17) is 4.74 Å². The molecule has 106 valence electrons. The van der Waals surface area contributed by atoms with Gasteiger partial charge in [-0.2, -0.15) is 18.3 Å². The molecule has 19 heavy (non-hydrogen) atoms. The maximum atomic E-state index is 12.1. The maximum Gasteiger partial charge on any atom is 0.471 e. The molecule has 1 atom stereocenters. The molecule has 2 rings (SSSR count). The summed E-state index contributed by atoms with van der Waals surface area (Å²) in [7, 11) is 0. The molecule has 0 radical (unpaired) electrons. The van der Waals surface area contributed by atoms with Crippen LogP contribution in [-0.2, 0) is 16.1 Å². The zero-order valence-electron chi connectivity index (χ0n) is 10.1. The molecule has 1 aliphatic heterocycles. The van der Waals surface area contributed by atoms with Crippen molar-refractivity contribution >= 4 is 11.6 Å². The van der Waals surface area contributed by atoms with Crippen LogP contribution in [0.15, 0.2) is 12.4 Å². The first-order chi connectivity index (χ1) is 8.95. The molecule has 1 aromatic heterocycles. The van der Waals surface area contributed by atoms with Gasteiger partial charge in [-0.05, 0) is 19.3 Å². The number of alkyl halides is 3. The van der Waals surface area contributed by atoms with Crippen LogP contribution in [0.3, 0.4) is 0 Å². The van der Waals surface area contributed by atoms with E-state index >= 15 is 0 Å². The molecule has 1 saturated heterocycles. The lowest BCUT2D eigenvalue weighted by Gasteiger charge is -2.22. The first kappa shape index (κ1) is 13.9. The second-order valence-corrected chi connectivity index (χ2v) is 4.39. The van der Waals surface area contributed by atoms with Crippen LogP contribution >= 0.6 is 0 Å². The highest BCUT2D eigenvalue weighted by Gasteiger charge is 2.38. The van der Waals surface area contributed by atoms with Crippen LogP contribution in [0.2, 0.25) is 0 Å². The molecule has 1 unspecified atom stereocenters. The molecule has 0 aromatic carbocycles. The van der Waals surface area contributed by atoms with E-state index < -0.39 is 12.1 Å². The largest absolute Gasteiger partial charge is 0.471 e. The van der Waals surface area contributed by atoms with E-state index in [-0.39, 0.29) is 11.8 Å². The van der Waals surface area contributed by atoms with Gasteiger partial charge in [0.05, 0.1) is 24.5 Å². The van der Waals surface area contributed by atoms with Gasteiger partial charge < -0.3 is 10.1 Å². The zero-order valence-corrected chi connectivity index (χ0v) is 10.1. The van der Waals surface area contributed by atoms with E-state index in [1.54, 1.807) is 5.32 Å². The fourth-order valence-corrected chi connectivity index (χ4v) is 1.89. The summed E-state index contributed by atoms with van der Waals surface area (Å²) >= 11 is 0. The third-order valence-electron chi connectivity index (χ3n) is 2.81. The lowest BCUT2D eigenvalue weighted by Crippen LogP contribution is -2.29. The molecule has 5 nitrogen and oxygen atoms in total. The minimum atomic E-state index is -4.89. The zero-order chi connectivity index (χ0) is 13.9. The van der Waals surface area contributed by atoms with Crippen molar-refractivity contribution in [1.29, 1.82) is 0 Å². The average molecular weight is 277 g/mol. The maximum absolute atomic E-state index is 12.1. The van der Waals surface area contributed by atoms with Gasteiger partial charge in [0.2, 0.25) is 0 Å². The number of hydrogen-bond acceptors (Lipinski definition) is 3. The second kappa shape index (κ2) is 5.60. The van der Waals surface area contributed by atoms with Crippen molar-refractivity contribution in [2.24, 2.45) is 0 Å². The molecule has 1 amide bonds. The highest BCUT2D eigenvalue weighted by Crippen LogP contribution is 2.19. The van der Waals surface area contributed by atoms with Crippen molar-refractivity contribution in [2.45, 2.75) is 38.1 Å². The molecule has 0 saturated carbocycles. The molecule has 1 fully saturated rings. The Morgan fingerprint density at radius 1 is 1.53 bits per heavy atom. The van der Waals surface area contributed by atoms with Gasteiger partial charge in [-0.15, -0.1) is 0 Å². The Kier molecular flexibility index (Phi) is 4.08. The van der Waals surface area contributed by atoms with Crippen molar-refractivity contribution in [1.82, 2.24) is 9.78 Å². The normalized spacial score (nSPS) is 20.3. The number of hydrogen-bond donors (Lipinski definition) is 1. The third-order valence-corrected chi connectivity index (χ3v) is 2.81. The quantitative estimate of drug-likeness (QED) is 0.918. The van der Waals surface area contributed by atoms with Gasteiger partial charge in [-0.25, -0.2) is 0 Å². The molecule has 0 aliphatic carbocycles. The Bertz CT molecular complexity index is 439. The van der Waals surface area contributed by atoms with Gasteiger partial charge in [-0.1, -0.05) is 0 Å². The van der Waals surface area contributed by atoms with Crippen LogP contribution in [0.1, 0.15) is 19.3 Å². The molecule has 0 spiro atoms. The summed E-state index contributed by atoms with van der Waals surface area (Å²) in [5.41, 5.74) is 0.0261. The Balaban J connectivity index is 1.89. The number of anilines is 1. The van der Waals surface area contributed by atoms with Crippen LogP contribution < -0.4 is 5.32 Å². The fraction of sp³-hybridized carbons (Fsp3) is 0.636. The summed E-state index contributed by atoms with van der Waals surface area (Å²) in [6, 6.07) is 0. The number of amides is 1. The van der Waals surface area contributed by atoms with Crippen molar-refractivity contribution in [3.63, 3.8) is 0 Å². The van der Waals surface area contributed by atoms with Gasteiger partial charge in [0.25, 0.3) is 0 Å². The number of nitrogens with zero attached hydrogens (tertiary/aromatic N) is 2. The number of ether oxygens (including phenoxy) is 1. The number of nitrogens with one attached hydrogen (secondary N) is 1. The lowest BCUT2D eigenvalue weighted by molar-refractivity contribution is -0.167. The van der Waals surface area contributed by atoms with Gasteiger partial charge in [0, 0.05) is 12.8 Å². The van der Waals surface area contributed by atoms with Crippen LogP contribution in [0.5, 0.6) is 0 Å². The smallest absolute Gasteiger partial charge is 0.376 e. The summed E-state index contributed by atoms with van der Waals surface area (Å²) in [4.78, 5) is 10.7. The third kappa shape index (κ3) is 3.95. The SMILES string of the molecule is O=C(Nc1cnn(CC2CCCCO2)c1)C(F)(F)F. The van der Waals surface area contributed by atoms with Crippen LogP contribution in [-0.4, -0.2) is 34.6 Å². The molecule has 1 aromatic rings. The summed E-state index contributed by atoms with van der Waals surface area (Å²) < 4.78 is 43.1. The van der Waals surface area contributed by atoms with E-state index in [0.29, 0.717) is 13.2 Å². The van der Waals surface area contributed by atoms with Gasteiger partial charge >= 0.3 is 12.1 Å². The summed E-state index contributed by atoms with van der Waals surface area (Å²) in [6.07, 6.45) is 0.693. The Labute approximate surface area is 107 Å². The number of halogens is 3. The Morgan fingerprint density at radius 2 is 2.32 bits per heavy atom. The second-order valence-electron chi connectivity index (χ2n) is 4.39. The van der Waals surface area contributed by atoms with Gasteiger partial charge in [-0.3, -0.25) is 9.48 Å². The monoisotopic (exact) mass is 277 g/mol. The van der Waals surface area contributed by atoms with Crippen LogP contribution in [0, 0.1) is 0 Å². The molecular weight excluding hydrogens is 263 g/mol. The molecule has 1 aliphatic rings. The molecular formula is C11H14F3N3O2. The Morgan fingerprint density at radius 3 is 2.95 bits per heavy atom. The predicted octanol–water partition coefficient (Wildman–Crippen LogP) is 1.95. The van der Waals surface area contributed by atoms with Gasteiger partial charge in [0.1, 0.15) is 0 Å². The number of carbonyl (C=O) groups excluding carboxylic acids is 1. The van der Waals surface area contributed by atoms with E-state index in [0.717, 1.165) is 19.3 Å². The number of aromatic nitrogens is 2. The number of carbonyl (C=O) groups is 1. The van der Waals surface area contributed by atoms with E-state index in [1.807, 2.05) is 0 Å². The first-order valence-electron chi connectivity index (χ1n) is 5.97. The molecule has 0 bridgehead atoms. The first-order valence-corrected chi connectivity index (χ1v) is 5.97. The average Bonchev–Trinajstić information content (AvgIpc) is 2.76. The fourth-order valence-electron chi connectivity index (χ4n) is 1.89. The topological polar surface area (TPSA) is 56.2 Å².